The Labute approximate surface area is 184 Å². The molecule has 5 nitrogen and oxygen atoms in total. The van der Waals surface area contributed by atoms with Gasteiger partial charge in [-0.2, -0.15) is 0 Å². The van der Waals surface area contributed by atoms with Crippen LogP contribution in [0.4, 0.5) is 9.39 Å². The zero-order chi connectivity index (χ0) is 22.5. The molecule has 2 aromatic carbocycles. The van der Waals surface area contributed by atoms with Crippen LogP contribution in [-0.2, 0) is 9.53 Å². The van der Waals surface area contributed by atoms with E-state index in [1.807, 2.05) is 39.0 Å². The van der Waals surface area contributed by atoms with E-state index in [0.29, 0.717) is 21.9 Å². The van der Waals surface area contributed by atoms with Crippen molar-refractivity contribution in [2.75, 3.05) is 18.5 Å². The third-order valence-electron chi connectivity index (χ3n) is 4.86. The number of hydrogen-bond donors (Lipinski definition) is 1. The van der Waals surface area contributed by atoms with E-state index in [9.17, 15) is 14.0 Å². The molecular formula is C24H24FNO4S. The van der Waals surface area contributed by atoms with Crippen LogP contribution in [0.3, 0.4) is 0 Å². The van der Waals surface area contributed by atoms with Gasteiger partial charge >= 0.3 is 5.97 Å². The Bertz CT molecular complexity index is 1110. The summed E-state index contributed by atoms with van der Waals surface area (Å²) >= 11 is 1.27. The van der Waals surface area contributed by atoms with Crippen molar-refractivity contribution in [3.8, 4) is 16.9 Å². The highest BCUT2D eigenvalue weighted by Gasteiger charge is 2.25. The van der Waals surface area contributed by atoms with Crippen LogP contribution >= 0.6 is 11.3 Å². The number of ether oxygens (including phenoxy) is 2. The largest absolute Gasteiger partial charge is 0.483 e. The van der Waals surface area contributed by atoms with Gasteiger partial charge in [-0.3, -0.25) is 4.79 Å². The summed E-state index contributed by atoms with van der Waals surface area (Å²) in [6.45, 7) is 7.45. The number of amides is 1. The number of carbonyl (C=O) groups excluding carboxylic acids is 2. The fourth-order valence-electron chi connectivity index (χ4n) is 3.18. The average molecular weight is 442 g/mol. The summed E-state index contributed by atoms with van der Waals surface area (Å²) in [6.07, 6.45) is 0. The zero-order valence-electron chi connectivity index (χ0n) is 17.9. The predicted molar refractivity (Wildman–Crippen MR) is 120 cm³/mol. The summed E-state index contributed by atoms with van der Waals surface area (Å²) in [7, 11) is 0. The second-order valence-corrected chi connectivity index (χ2v) is 8.22. The third kappa shape index (κ3) is 5.11. The number of carbonyl (C=O) groups is 2. The van der Waals surface area contributed by atoms with Crippen LogP contribution in [0.2, 0.25) is 0 Å². The number of hydrogen-bond acceptors (Lipinski definition) is 5. The lowest BCUT2D eigenvalue weighted by Crippen LogP contribution is -2.21. The predicted octanol–water partition coefficient (Wildman–Crippen LogP) is 5.67. The maximum Gasteiger partial charge on any atom is 0.341 e. The normalized spacial score (nSPS) is 10.6. The van der Waals surface area contributed by atoms with Crippen molar-refractivity contribution in [1.29, 1.82) is 0 Å². The summed E-state index contributed by atoms with van der Waals surface area (Å²) in [6, 6.07) is 11.5. The Morgan fingerprint density at radius 3 is 2.45 bits per heavy atom. The molecule has 0 saturated heterocycles. The van der Waals surface area contributed by atoms with Gasteiger partial charge in [0.1, 0.15) is 22.1 Å². The molecule has 3 aromatic rings. The number of aryl methyl sites for hydroxylation is 2. The lowest BCUT2D eigenvalue weighted by atomic mass is 10.0. The maximum atomic E-state index is 13.4. The van der Waals surface area contributed by atoms with E-state index in [0.717, 1.165) is 16.0 Å². The van der Waals surface area contributed by atoms with Gasteiger partial charge in [0.25, 0.3) is 5.91 Å². The molecule has 31 heavy (non-hydrogen) atoms. The minimum atomic E-state index is -0.545. The monoisotopic (exact) mass is 441 g/mol. The van der Waals surface area contributed by atoms with Crippen molar-refractivity contribution in [2.45, 2.75) is 27.7 Å². The van der Waals surface area contributed by atoms with Crippen LogP contribution in [0, 0.1) is 26.6 Å². The van der Waals surface area contributed by atoms with Crippen LogP contribution in [0.25, 0.3) is 11.1 Å². The number of halogens is 1. The van der Waals surface area contributed by atoms with Crippen molar-refractivity contribution in [3.63, 3.8) is 0 Å². The third-order valence-corrected chi connectivity index (χ3v) is 5.88. The van der Waals surface area contributed by atoms with E-state index in [1.165, 1.54) is 23.5 Å². The fourth-order valence-corrected chi connectivity index (χ4v) is 4.26. The van der Waals surface area contributed by atoms with Crippen LogP contribution in [-0.4, -0.2) is 25.1 Å². The van der Waals surface area contributed by atoms with Gasteiger partial charge in [0.15, 0.2) is 6.61 Å². The first-order valence-electron chi connectivity index (χ1n) is 9.87. The number of benzene rings is 2. The van der Waals surface area contributed by atoms with Crippen LogP contribution in [0.5, 0.6) is 5.75 Å². The molecule has 1 N–H and O–H groups in total. The van der Waals surface area contributed by atoms with Crippen molar-refractivity contribution in [2.24, 2.45) is 0 Å². The summed E-state index contributed by atoms with van der Waals surface area (Å²) < 4.78 is 24.3. The molecule has 0 bridgehead atoms. The number of anilines is 1. The standard InChI is InChI=1S/C24H24FNO4S/c1-5-29-24(28)22-21(17-9-11-18(25)12-10-17)16(4)31-23(22)26-20(27)13-30-19-8-6-7-14(2)15(19)3/h6-12H,5,13H2,1-4H3,(H,26,27). The van der Waals surface area contributed by atoms with Gasteiger partial charge in [0.05, 0.1) is 6.61 Å². The lowest BCUT2D eigenvalue weighted by Gasteiger charge is -2.12. The summed E-state index contributed by atoms with van der Waals surface area (Å²) in [5.74, 6) is -0.670. The minimum Gasteiger partial charge on any atom is -0.483 e. The van der Waals surface area contributed by atoms with Gasteiger partial charge in [-0.1, -0.05) is 24.3 Å². The SMILES string of the molecule is CCOC(=O)c1c(NC(=O)COc2cccc(C)c2C)sc(C)c1-c1ccc(F)cc1. The molecule has 1 heterocycles. The van der Waals surface area contributed by atoms with E-state index < -0.39 is 11.9 Å². The van der Waals surface area contributed by atoms with Gasteiger partial charge in [-0.25, -0.2) is 9.18 Å². The second-order valence-electron chi connectivity index (χ2n) is 7.00. The molecule has 0 atom stereocenters. The minimum absolute atomic E-state index is 0.194. The van der Waals surface area contributed by atoms with Gasteiger partial charge in [-0.15, -0.1) is 11.3 Å². The quantitative estimate of drug-likeness (QED) is 0.480. The van der Waals surface area contributed by atoms with Crippen LogP contribution < -0.4 is 10.1 Å². The number of thiophene rings is 1. The van der Waals surface area contributed by atoms with E-state index in [2.05, 4.69) is 5.32 Å². The first-order valence-corrected chi connectivity index (χ1v) is 10.7. The second kappa shape index (κ2) is 9.75. The molecule has 1 amide bonds. The van der Waals surface area contributed by atoms with E-state index in [-0.39, 0.29) is 24.6 Å². The van der Waals surface area contributed by atoms with Gasteiger partial charge < -0.3 is 14.8 Å². The number of esters is 1. The molecule has 7 heteroatoms. The molecular weight excluding hydrogens is 417 g/mol. The molecule has 0 saturated carbocycles. The zero-order valence-corrected chi connectivity index (χ0v) is 18.7. The van der Waals surface area contributed by atoms with E-state index in [4.69, 9.17) is 9.47 Å². The summed E-state index contributed by atoms with van der Waals surface area (Å²) in [4.78, 5) is 26.1. The molecule has 0 aliphatic heterocycles. The Balaban J connectivity index is 1.87. The van der Waals surface area contributed by atoms with Crippen molar-refractivity contribution in [3.05, 3.63) is 69.8 Å². The summed E-state index contributed by atoms with van der Waals surface area (Å²) in [5, 5.41) is 3.16. The average Bonchev–Trinajstić information content (AvgIpc) is 3.05. The molecule has 0 aliphatic rings. The molecule has 0 radical (unpaired) electrons. The first kappa shape index (κ1) is 22.5. The molecule has 0 unspecified atom stereocenters. The maximum absolute atomic E-state index is 13.4. The Kier molecular flexibility index (Phi) is 7.07. The smallest absolute Gasteiger partial charge is 0.341 e. The summed E-state index contributed by atoms with van der Waals surface area (Å²) in [5.41, 5.74) is 3.59. The van der Waals surface area contributed by atoms with Gasteiger partial charge in [0, 0.05) is 10.4 Å². The van der Waals surface area contributed by atoms with Crippen molar-refractivity contribution >= 4 is 28.2 Å². The molecule has 3 rings (SSSR count). The molecule has 162 valence electrons. The highest BCUT2D eigenvalue weighted by molar-refractivity contribution is 7.17. The van der Waals surface area contributed by atoms with E-state index in [1.54, 1.807) is 19.1 Å². The molecule has 0 spiro atoms. The van der Waals surface area contributed by atoms with Crippen molar-refractivity contribution in [1.82, 2.24) is 0 Å². The Morgan fingerprint density at radius 2 is 1.77 bits per heavy atom. The Morgan fingerprint density at radius 1 is 1.06 bits per heavy atom. The van der Waals surface area contributed by atoms with Gasteiger partial charge in [0.2, 0.25) is 0 Å². The Hall–Kier alpha value is -3.19. The highest BCUT2D eigenvalue weighted by Crippen LogP contribution is 2.40. The highest BCUT2D eigenvalue weighted by atomic mass is 32.1. The molecule has 1 aromatic heterocycles. The topological polar surface area (TPSA) is 64.6 Å². The number of rotatable bonds is 7. The first-order chi connectivity index (χ1) is 14.8. The van der Waals surface area contributed by atoms with Crippen molar-refractivity contribution < 1.29 is 23.5 Å². The molecule has 0 aliphatic carbocycles. The lowest BCUT2D eigenvalue weighted by molar-refractivity contribution is -0.118. The van der Waals surface area contributed by atoms with Gasteiger partial charge in [-0.05, 0) is 62.6 Å². The van der Waals surface area contributed by atoms with Crippen LogP contribution in [0.15, 0.2) is 42.5 Å². The fraction of sp³-hybridized carbons (Fsp3) is 0.250. The van der Waals surface area contributed by atoms with Crippen LogP contribution in [0.1, 0.15) is 33.3 Å². The van der Waals surface area contributed by atoms with E-state index >= 15 is 0 Å². The molecule has 0 fully saturated rings. The number of nitrogens with one attached hydrogen (secondary N) is 1.